The second-order valence-electron chi connectivity index (χ2n) is 6.00. The second-order valence-corrected chi connectivity index (χ2v) is 7.30. The highest BCUT2D eigenvalue weighted by Crippen LogP contribution is 2.22. The summed E-state index contributed by atoms with van der Waals surface area (Å²) in [6.45, 7) is 4.10. The molecule has 0 radical (unpaired) electrons. The number of rotatable bonds is 8. The monoisotopic (exact) mass is 434 g/mol. The van der Waals surface area contributed by atoms with Crippen LogP contribution in [0.25, 0.3) is 0 Å². The molecular weight excluding hydrogens is 416 g/mol. The first-order chi connectivity index (χ1) is 13.9. The summed E-state index contributed by atoms with van der Waals surface area (Å²) in [4.78, 5) is 28.1. The molecular formula is C19H19ClN4O4S. The quantitative estimate of drug-likeness (QED) is 0.543. The van der Waals surface area contributed by atoms with E-state index in [-0.39, 0.29) is 24.8 Å². The fraction of sp³-hybridized carbons (Fsp3) is 0.263. The Morgan fingerprint density at radius 2 is 2.14 bits per heavy atom. The number of benzene rings is 1. The van der Waals surface area contributed by atoms with Gasteiger partial charge < -0.3 is 9.47 Å². The highest BCUT2D eigenvalue weighted by Gasteiger charge is 2.14. The number of hydrogen-bond acceptors (Lipinski definition) is 7. The molecule has 0 unspecified atom stereocenters. The van der Waals surface area contributed by atoms with Crippen LogP contribution in [0.15, 0.2) is 35.8 Å². The number of esters is 1. The van der Waals surface area contributed by atoms with E-state index in [1.807, 2.05) is 13.0 Å². The van der Waals surface area contributed by atoms with E-state index in [0.717, 1.165) is 5.56 Å². The normalized spacial score (nSPS) is 10.6. The van der Waals surface area contributed by atoms with Gasteiger partial charge in [-0.15, -0.1) is 11.3 Å². The highest BCUT2D eigenvalue weighted by atomic mass is 35.5. The Morgan fingerprint density at radius 3 is 2.90 bits per heavy atom. The number of hydrogen-bond donors (Lipinski definition) is 1. The molecule has 0 atom stereocenters. The van der Waals surface area contributed by atoms with Crippen molar-refractivity contribution in [3.8, 4) is 5.75 Å². The van der Waals surface area contributed by atoms with Gasteiger partial charge in [0.25, 0.3) is 5.91 Å². The maximum absolute atomic E-state index is 12.4. The van der Waals surface area contributed by atoms with E-state index in [2.05, 4.69) is 15.4 Å². The number of ether oxygens (including phenoxy) is 2. The summed E-state index contributed by atoms with van der Waals surface area (Å²) >= 11 is 7.16. The first kappa shape index (κ1) is 20.8. The molecule has 0 saturated carbocycles. The number of aryl methyl sites for hydroxylation is 1. The molecule has 10 heteroatoms. The molecule has 0 spiro atoms. The topological polar surface area (TPSA) is 95.3 Å². The third-order valence-corrected chi connectivity index (χ3v) is 4.81. The SMILES string of the molecule is CCOC(=O)Cc1csc(NC(=O)c2ccn(COc3ccc(Cl)cc3C)n2)n1. The van der Waals surface area contributed by atoms with E-state index in [9.17, 15) is 9.59 Å². The lowest BCUT2D eigenvalue weighted by atomic mass is 10.2. The van der Waals surface area contributed by atoms with Gasteiger partial charge in [-0.1, -0.05) is 11.6 Å². The summed E-state index contributed by atoms with van der Waals surface area (Å²) in [6.07, 6.45) is 1.71. The minimum absolute atomic E-state index is 0.0658. The summed E-state index contributed by atoms with van der Waals surface area (Å²) in [5, 5.41) is 9.60. The van der Waals surface area contributed by atoms with Crippen LogP contribution < -0.4 is 10.1 Å². The van der Waals surface area contributed by atoms with Crippen molar-refractivity contribution in [2.75, 3.05) is 11.9 Å². The van der Waals surface area contributed by atoms with Crippen LogP contribution in [-0.2, 0) is 22.7 Å². The van der Waals surface area contributed by atoms with Gasteiger partial charge >= 0.3 is 5.97 Å². The first-order valence-corrected chi connectivity index (χ1v) is 10.0. The summed E-state index contributed by atoms with van der Waals surface area (Å²) in [5.41, 5.74) is 1.68. The van der Waals surface area contributed by atoms with Gasteiger partial charge in [-0.3, -0.25) is 14.9 Å². The molecule has 1 aromatic carbocycles. The Labute approximate surface area is 176 Å². The number of thiazole rings is 1. The van der Waals surface area contributed by atoms with Crippen molar-refractivity contribution in [3.63, 3.8) is 0 Å². The molecule has 2 heterocycles. The number of anilines is 1. The molecule has 3 rings (SSSR count). The Morgan fingerprint density at radius 1 is 1.31 bits per heavy atom. The van der Waals surface area contributed by atoms with Crippen molar-refractivity contribution in [2.24, 2.45) is 0 Å². The predicted octanol–water partition coefficient (Wildman–Crippen LogP) is 3.70. The van der Waals surface area contributed by atoms with E-state index >= 15 is 0 Å². The van der Waals surface area contributed by atoms with Crippen LogP contribution in [0.2, 0.25) is 5.02 Å². The van der Waals surface area contributed by atoms with Crippen LogP contribution in [0.5, 0.6) is 5.75 Å². The standard InChI is InChI=1S/C19H19ClN4O4S/c1-3-27-17(25)9-14-10-29-19(21-14)22-18(26)15-6-7-24(23-15)11-28-16-5-4-13(20)8-12(16)2/h4-8,10H,3,9,11H2,1-2H3,(H,21,22,26). The molecule has 152 valence electrons. The predicted molar refractivity (Wildman–Crippen MR) is 109 cm³/mol. The molecule has 3 aromatic rings. The number of carbonyl (C=O) groups is 2. The van der Waals surface area contributed by atoms with Crippen LogP contribution in [0.4, 0.5) is 5.13 Å². The van der Waals surface area contributed by atoms with Crippen molar-refractivity contribution < 1.29 is 19.1 Å². The van der Waals surface area contributed by atoms with Gasteiger partial charge in [0.15, 0.2) is 17.6 Å². The molecule has 0 aliphatic rings. The van der Waals surface area contributed by atoms with E-state index in [1.165, 1.54) is 16.0 Å². The zero-order valence-corrected chi connectivity index (χ0v) is 17.4. The smallest absolute Gasteiger partial charge is 0.311 e. The number of aromatic nitrogens is 3. The van der Waals surface area contributed by atoms with Crippen LogP contribution in [0.3, 0.4) is 0 Å². The number of carbonyl (C=O) groups excluding carboxylic acids is 2. The molecule has 0 aliphatic carbocycles. The fourth-order valence-electron chi connectivity index (χ4n) is 2.43. The summed E-state index contributed by atoms with van der Waals surface area (Å²) < 4.78 is 12.1. The maximum Gasteiger partial charge on any atom is 0.311 e. The van der Waals surface area contributed by atoms with Crippen molar-refractivity contribution in [3.05, 3.63) is 57.8 Å². The lowest BCUT2D eigenvalue weighted by molar-refractivity contribution is -0.142. The van der Waals surface area contributed by atoms with Gasteiger partial charge in [0.05, 0.1) is 18.7 Å². The van der Waals surface area contributed by atoms with Crippen LogP contribution in [-0.4, -0.2) is 33.2 Å². The van der Waals surface area contributed by atoms with E-state index in [0.29, 0.717) is 28.2 Å². The van der Waals surface area contributed by atoms with Crippen LogP contribution in [0.1, 0.15) is 28.7 Å². The van der Waals surface area contributed by atoms with E-state index in [4.69, 9.17) is 21.1 Å². The average Bonchev–Trinajstić information content (AvgIpc) is 3.31. The lowest BCUT2D eigenvalue weighted by Crippen LogP contribution is -2.14. The van der Waals surface area contributed by atoms with Gasteiger partial charge in [-0.05, 0) is 43.7 Å². The number of amides is 1. The highest BCUT2D eigenvalue weighted by molar-refractivity contribution is 7.14. The van der Waals surface area contributed by atoms with Gasteiger partial charge in [-0.25, -0.2) is 9.67 Å². The second kappa shape index (κ2) is 9.53. The Hall–Kier alpha value is -2.91. The summed E-state index contributed by atoms with van der Waals surface area (Å²) in [7, 11) is 0. The molecule has 0 bridgehead atoms. The molecule has 8 nitrogen and oxygen atoms in total. The average molecular weight is 435 g/mol. The van der Waals surface area contributed by atoms with Crippen molar-refractivity contribution in [2.45, 2.75) is 27.0 Å². The number of halogens is 1. The lowest BCUT2D eigenvalue weighted by Gasteiger charge is -2.09. The van der Waals surface area contributed by atoms with Crippen LogP contribution in [0, 0.1) is 6.92 Å². The Bertz CT molecular complexity index is 1020. The Balaban J connectivity index is 1.55. The molecule has 1 N–H and O–H groups in total. The summed E-state index contributed by atoms with van der Waals surface area (Å²) in [5.74, 6) is -0.0679. The maximum atomic E-state index is 12.4. The first-order valence-electron chi connectivity index (χ1n) is 8.78. The molecule has 0 aliphatic heterocycles. The minimum Gasteiger partial charge on any atom is -0.471 e. The van der Waals surface area contributed by atoms with Gasteiger partial charge in [0.2, 0.25) is 0 Å². The zero-order chi connectivity index (χ0) is 20.8. The third-order valence-electron chi connectivity index (χ3n) is 3.77. The zero-order valence-electron chi connectivity index (χ0n) is 15.8. The largest absolute Gasteiger partial charge is 0.471 e. The van der Waals surface area contributed by atoms with Crippen molar-refractivity contribution >= 4 is 39.9 Å². The van der Waals surface area contributed by atoms with Crippen molar-refractivity contribution in [1.29, 1.82) is 0 Å². The molecule has 2 aromatic heterocycles. The third kappa shape index (κ3) is 5.78. The molecule has 1 amide bonds. The van der Waals surface area contributed by atoms with Gasteiger partial charge in [0, 0.05) is 16.6 Å². The Kier molecular flexibility index (Phi) is 6.84. The van der Waals surface area contributed by atoms with Crippen molar-refractivity contribution in [1.82, 2.24) is 14.8 Å². The molecule has 0 fully saturated rings. The van der Waals surface area contributed by atoms with Gasteiger partial charge in [0.1, 0.15) is 5.75 Å². The van der Waals surface area contributed by atoms with Crippen LogP contribution >= 0.6 is 22.9 Å². The fourth-order valence-corrected chi connectivity index (χ4v) is 3.36. The van der Waals surface area contributed by atoms with E-state index in [1.54, 1.807) is 36.7 Å². The summed E-state index contributed by atoms with van der Waals surface area (Å²) in [6, 6.07) is 6.92. The van der Waals surface area contributed by atoms with Gasteiger partial charge in [-0.2, -0.15) is 5.10 Å². The number of nitrogens with one attached hydrogen (secondary N) is 1. The van der Waals surface area contributed by atoms with E-state index < -0.39 is 5.91 Å². The molecule has 29 heavy (non-hydrogen) atoms. The number of nitrogens with zero attached hydrogens (tertiary/aromatic N) is 3. The minimum atomic E-state index is -0.400. The molecule has 0 saturated heterocycles.